The number of para-hydroxylation sites is 2. The Morgan fingerprint density at radius 2 is 1.67 bits per heavy atom. The van der Waals surface area contributed by atoms with Crippen LogP contribution in [0.2, 0.25) is 0 Å². The van der Waals surface area contributed by atoms with Crippen molar-refractivity contribution in [2.24, 2.45) is 0 Å². The van der Waals surface area contributed by atoms with Crippen molar-refractivity contribution in [1.82, 2.24) is 19.5 Å². The molecule has 5 aromatic rings. The van der Waals surface area contributed by atoms with Crippen molar-refractivity contribution in [3.05, 3.63) is 67.0 Å². The lowest BCUT2D eigenvalue weighted by Gasteiger charge is -2.25. The van der Waals surface area contributed by atoms with Crippen molar-refractivity contribution in [2.45, 2.75) is 18.9 Å². The third kappa shape index (κ3) is 2.88. The third-order valence-corrected chi connectivity index (χ3v) is 5.72. The Morgan fingerprint density at radius 3 is 2.50 bits per heavy atom. The predicted molar refractivity (Wildman–Crippen MR) is 115 cm³/mol. The first kappa shape index (κ1) is 17.4. The number of rotatable bonds is 3. The molecule has 0 atom stereocenters. The van der Waals surface area contributed by atoms with Gasteiger partial charge in [-0.1, -0.05) is 12.1 Å². The Hall–Kier alpha value is -3.51. The lowest BCUT2D eigenvalue weighted by Crippen LogP contribution is -2.20. The van der Waals surface area contributed by atoms with Crippen LogP contribution in [0.5, 0.6) is 0 Å². The van der Waals surface area contributed by atoms with E-state index < -0.39 is 0 Å². The van der Waals surface area contributed by atoms with Gasteiger partial charge in [-0.05, 0) is 55.3 Å². The summed E-state index contributed by atoms with van der Waals surface area (Å²) in [5, 5.41) is 0. The molecular weight excluding hydrogens is 376 g/mol. The molecule has 6 heteroatoms. The molecule has 0 radical (unpaired) electrons. The van der Waals surface area contributed by atoms with E-state index in [0.29, 0.717) is 11.9 Å². The molecule has 1 aliphatic heterocycles. The maximum Gasteiger partial charge on any atom is 0.227 e. The van der Waals surface area contributed by atoms with Crippen molar-refractivity contribution in [3.63, 3.8) is 0 Å². The molecule has 1 fully saturated rings. The Labute approximate surface area is 173 Å². The minimum atomic E-state index is 0.363. The number of hydrogen-bond acceptors (Lipinski definition) is 5. The summed E-state index contributed by atoms with van der Waals surface area (Å²) < 4.78 is 13.9. The van der Waals surface area contributed by atoms with E-state index in [9.17, 15) is 0 Å². The summed E-state index contributed by atoms with van der Waals surface area (Å²) in [6, 6.07) is 18.5. The molecule has 0 aliphatic carbocycles. The molecule has 0 bridgehead atoms. The molecule has 1 saturated heterocycles. The summed E-state index contributed by atoms with van der Waals surface area (Å²) in [7, 11) is 0. The Balaban J connectivity index is 1.52. The van der Waals surface area contributed by atoms with Crippen LogP contribution >= 0.6 is 0 Å². The maximum absolute atomic E-state index is 5.97. The highest BCUT2D eigenvalue weighted by Crippen LogP contribution is 2.34. The molecule has 2 aromatic carbocycles. The second-order valence-corrected chi connectivity index (χ2v) is 7.58. The number of aromatic nitrogens is 4. The molecule has 1 aliphatic rings. The molecule has 0 amide bonds. The molecule has 148 valence electrons. The van der Waals surface area contributed by atoms with Crippen LogP contribution in [0.4, 0.5) is 0 Å². The van der Waals surface area contributed by atoms with Gasteiger partial charge in [-0.3, -0.25) is 4.98 Å². The van der Waals surface area contributed by atoms with Crippen molar-refractivity contribution < 1.29 is 9.15 Å². The van der Waals surface area contributed by atoms with Gasteiger partial charge < -0.3 is 13.7 Å². The highest BCUT2D eigenvalue weighted by atomic mass is 16.5. The van der Waals surface area contributed by atoms with Gasteiger partial charge in [0.15, 0.2) is 5.58 Å². The standard InChI is InChI=1S/C24H20N4O2/c1-2-4-22-19(3-1)27-24(30-22)17-5-6-21-20(15-17)26-23(16-7-11-25-12-8-16)28(21)18-9-13-29-14-10-18/h1-8,11-12,15,18H,9-10,13-14H2. The largest absolute Gasteiger partial charge is 0.436 e. The van der Waals surface area contributed by atoms with Crippen molar-refractivity contribution in [2.75, 3.05) is 13.2 Å². The van der Waals surface area contributed by atoms with Gasteiger partial charge in [0.1, 0.15) is 11.3 Å². The fourth-order valence-electron chi connectivity index (χ4n) is 4.25. The predicted octanol–water partition coefficient (Wildman–Crippen LogP) is 5.26. The van der Waals surface area contributed by atoms with Crippen molar-refractivity contribution >= 4 is 22.1 Å². The average molecular weight is 396 g/mol. The molecule has 0 N–H and O–H groups in total. The van der Waals surface area contributed by atoms with Crippen molar-refractivity contribution in [1.29, 1.82) is 0 Å². The first-order chi connectivity index (χ1) is 14.9. The molecule has 3 aromatic heterocycles. The fourth-order valence-corrected chi connectivity index (χ4v) is 4.25. The van der Waals surface area contributed by atoms with E-state index in [1.54, 1.807) is 0 Å². The molecule has 0 spiro atoms. The number of oxazole rings is 1. The molecule has 4 heterocycles. The van der Waals surface area contributed by atoms with Gasteiger partial charge in [-0.15, -0.1) is 0 Å². The van der Waals surface area contributed by atoms with Gasteiger partial charge in [0, 0.05) is 42.8 Å². The Kier molecular flexibility index (Phi) is 4.09. The van der Waals surface area contributed by atoms with Crippen LogP contribution in [0, 0.1) is 0 Å². The summed E-state index contributed by atoms with van der Waals surface area (Å²) in [5.74, 6) is 1.58. The summed E-state index contributed by atoms with van der Waals surface area (Å²) in [4.78, 5) is 13.8. The normalized spacial score (nSPS) is 15.2. The zero-order valence-electron chi connectivity index (χ0n) is 16.4. The smallest absolute Gasteiger partial charge is 0.227 e. The van der Waals surface area contributed by atoms with Gasteiger partial charge in [-0.25, -0.2) is 9.97 Å². The Morgan fingerprint density at radius 1 is 0.833 bits per heavy atom. The average Bonchev–Trinajstić information content (AvgIpc) is 3.41. The van der Waals surface area contributed by atoms with Crippen LogP contribution in [-0.2, 0) is 4.74 Å². The fraction of sp³-hybridized carbons (Fsp3) is 0.208. The Bertz CT molecular complexity index is 1300. The lowest BCUT2D eigenvalue weighted by molar-refractivity contribution is 0.0710. The van der Waals surface area contributed by atoms with Gasteiger partial charge in [-0.2, -0.15) is 0 Å². The SMILES string of the molecule is c1ccc2oc(-c3ccc4c(c3)nc(-c3ccncc3)n4C3CCOCC3)nc2c1. The number of ether oxygens (including phenoxy) is 1. The van der Waals surface area contributed by atoms with Gasteiger partial charge in [0.05, 0.1) is 11.0 Å². The maximum atomic E-state index is 5.97. The number of imidazole rings is 1. The minimum Gasteiger partial charge on any atom is -0.436 e. The highest BCUT2D eigenvalue weighted by molar-refractivity contribution is 5.85. The number of hydrogen-bond donors (Lipinski definition) is 0. The van der Waals surface area contributed by atoms with E-state index in [4.69, 9.17) is 14.1 Å². The molecule has 0 unspecified atom stereocenters. The first-order valence-corrected chi connectivity index (χ1v) is 10.2. The van der Waals surface area contributed by atoms with Gasteiger partial charge >= 0.3 is 0 Å². The van der Waals surface area contributed by atoms with Crippen molar-refractivity contribution in [3.8, 4) is 22.8 Å². The molecular formula is C24H20N4O2. The molecule has 0 saturated carbocycles. The number of nitrogens with zero attached hydrogens (tertiary/aromatic N) is 4. The van der Waals surface area contributed by atoms with E-state index in [1.165, 1.54) is 0 Å². The topological polar surface area (TPSA) is 66.0 Å². The first-order valence-electron chi connectivity index (χ1n) is 10.2. The minimum absolute atomic E-state index is 0.363. The van der Waals surface area contributed by atoms with Gasteiger partial charge in [0.25, 0.3) is 0 Å². The van der Waals surface area contributed by atoms with Crippen LogP contribution in [-0.4, -0.2) is 32.7 Å². The van der Waals surface area contributed by atoms with Crippen LogP contribution in [0.1, 0.15) is 18.9 Å². The zero-order chi connectivity index (χ0) is 19.9. The summed E-state index contributed by atoms with van der Waals surface area (Å²) >= 11 is 0. The lowest BCUT2D eigenvalue weighted by atomic mass is 10.1. The number of fused-ring (bicyclic) bond motifs is 2. The highest BCUT2D eigenvalue weighted by Gasteiger charge is 2.23. The monoisotopic (exact) mass is 396 g/mol. The molecule has 30 heavy (non-hydrogen) atoms. The summed E-state index contributed by atoms with van der Waals surface area (Å²) in [5.41, 5.74) is 5.70. The zero-order valence-corrected chi connectivity index (χ0v) is 16.4. The number of benzene rings is 2. The molecule has 6 nitrogen and oxygen atoms in total. The van der Waals surface area contributed by atoms with Crippen LogP contribution in [0.25, 0.3) is 45.0 Å². The van der Waals surface area contributed by atoms with Crippen LogP contribution in [0.15, 0.2) is 71.4 Å². The summed E-state index contributed by atoms with van der Waals surface area (Å²) in [6.45, 7) is 1.56. The van der Waals surface area contributed by atoms with E-state index in [1.807, 2.05) is 48.8 Å². The third-order valence-electron chi connectivity index (χ3n) is 5.72. The van der Waals surface area contributed by atoms with Crippen LogP contribution < -0.4 is 0 Å². The van der Waals surface area contributed by atoms with E-state index in [0.717, 1.165) is 65.1 Å². The van der Waals surface area contributed by atoms with E-state index in [2.05, 4.69) is 32.7 Å². The van der Waals surface area contributed by atoms with E-state index >= 15 is 0 Å². The van der Waals surface area contributed by atoms with Crippen LogP contribution in [0.3, 0.4) is 0 Å². The van der Waals surface area contributed by atoms with Gasteiger partial charge in [0.2, 0.25) is 5.89 Å². The number of pyridine rings is 1. The molecule has 6 rings (SSSR count). The second kappa shape index (κ2) is 7.07. The van der Waals surface area contributed by atoms with E-state index in [-0.39, 0.29) is 0 Å². The quantitative estimate of drug-likeness (QED) is 0.416. The summed E-state index contributed by atoms with van der Waals surface area (Å²) in [6.07, 6.45) is 5.59. The second-order valence-electron chi connectivity index (χ2n) is 7.58.